The van der Waals surface area contributed by atoms with Gasteiger partial charge in [0, 0.05) is 36.7 Å². The molecule has 0 saturated carbocycles. The molecule has 3 aromatic carbocycles. The highest BCUT2D eigenvalue weighted by atomic mass is 19.1. The van der Waals surface area contributed by atoms with Crippen LogP contribution in [-0.4, -0.2) is 34.8 Å². The molecule has 0 radical (unpaired) electrons. The Labute approximate surface area is 215 Å². The van der Waals surface area contributed by atoms with Crippen LogP contribution in [0.3, 0.4) is 0 Å². The first-order valence-electron chi connectivity index (χ1n) is 12.7. The zero-order valence-corrected chi connectivity index (χ0v) is 21.0. The van der Waals surface area contributed by atoms with Crippen LogP contribution < -0.4 is 5.32 Å². The molecule has 1 aliphatic rings. The van der Waals surface area contributed by atoms with E-state index in [1.54, 1.807) is 30.3 Å². The van der Waals surface area contributed by atoms with Gasteiger partial charge in [-0.05, 0) is 73.7 Å². The highest BCUT2D eigenvalue weighted by Crippen LogP contribution is 2.28. The molecule has 1 fully saturated rings. The van der Waals surface area contributed by atoms with Crippen molar-refractivity contribution in [2.45, 2.75) is 33.2 Å². The SMILES string of the molecule is Cc1ccc(-c2nc3cc(C(=O)N4CCC(C(C)C(=O)NCc5cccc(F)c5)CC4)ccc3o2)cc1. The summed E-state index contributed by atoms with van der Waals surface area (Å²) in [6.45, 7) is 5.44. The number of benzene rings is 3. The van der Waals surface area contributed by atoms with Crippen molar-refractivity contribution in [3.05, 3.63) is 89.2 Å². The predicted molar refractivity (Wildman–Crippen MR) is 140 cm³/mol. The molecule has 1 aliphatic heterocycles. The molecule has 1 aromatic heterocycles. The van der Waals surface area contributed by atoms with Gasteiger partial charge in [-0.3, -0.25) is 9.59 Å². The largest absolute Gasteiger partial charge is 0.436 e. The Kier molecular flexibility index (Phi) is 7.04. The quantitative estimate of drug-likeness (QED) is 0.367. The van der Waals surface area contributed by atoms with Crippen LogP contribution in [0.15, 0.2) is 71.1 Å². The molecule has 190 valence electrons. The molecule has 1 N–H and O–H groups in total. The molecule has 0 spiro atoms. The van der Waals surface area contributed by atoms with E-state index in [1.165, 1.54) is 12.1 Å². The van der Waals surface area contributed by atoms with Gasteiger partial charge in [0.25, 0.3) is 5.91 Å². The lowest BCUT2D eigenvalue weighted by Crippen LogP contribution is -2.42. The third kappa shape index (κ3) is 5.56. The van der Waals surface area contributed by atoms with Crippen LogP contribution in [0.25, 0.3) is 22.6 Å². The summed E-state index contributed by atoms with van der Waals surface area (Å²) in [4.78, 5) is 32.3. The molecule has 2 heterocycles. The van der Waals surface area contributed by atoms with Crippen molar-refractivity contribution in [2.75, 3.05) is 13.1 Å². The number of nitrogens with one attached hydrogen (secondary N) is 1. The molecule has 1 saturated heterocycles. The summed E-state index contributed by atoms with van der Waals surface area (Å²) in [6, 6.07) is 19.6. The minimum absolute atomic E-state index is 0.0385. The van der Waals surface area contributed by atoms with Crippen LogP contribution in [0.2, 0.25) is 0 Å². The van der Waals surface area contributed by atoms with E-state index < -0.39 is 0 Å². The lowest BCUT2D eigenvalue weighted by Gasteiger charge is -2.34. The molecule has 0 aliphatic carbocycles. The maximum absolute atomic E-state index is 13.4. The summed E-state index contributed by atoms with van der Waals surface area (Å²) in [6.07, 6.45) is 1.51. The van der Waals surface area contributed by atoms with Gasteiger partial charge < -0.3 is 14.6 Å². The van der Waals surface area contributed by atoms with E-state index in [-0.39, 0.29) is 29.5 Å². The van der Waals surface area contributed by atoms with Crippen molar-refractivity contribution in [2.24, 2.45) is 11.8 Å². The number of likely N-dealkylation sites (tertiary alicyclic amines) is 1. The van der Waals surface area contributed by atoms with Gasteiger partial charge in [-0.2, -0.15) is 0 Å². The summed E-state index contributed by atoms with van der Waals surface area (Å²) >= 11 is 0. The number of carbonyl (C=O) groups is 2. The van der Waals surface area contributed by atoms with Gasteiger partial charge in [0.2, 0.25) is 11.8 Å². The molecular formula is C30H30FN3O3. The second-order valence-electron chi connectivity index (χ2n) is 9.83. The minimum Gasteiger partial charge on any atom is -0.436 e. The third-order valence-corrected chi connectivity index (χ3v) is 7.24. The van der Waals surface area contributed by atoms with Gasteiger partial charge in [0.1, 0.15) is 11.3 Å². The smallest absolute Gasteiger partial charge is 0.253 e. The van der Waals surface area contributed by atoms with Crippen LogP contribution in [0.4, 0.5) is 4.39 Å². The van der Waals surface area contributed by atoms with Gasteiger partial charge in [0.15, 0.2) is 5.58 Å². The number of carbonyl (C=O) groups excluding carboxylic acids is 2. The topological polar surface area (TPSA) is 75.4 Å². The molecule has 37 heavy (non-hydrogen) atoms. The molecule has 2 amide bonds. The molecule has 4 aromatic rings. The van der Waals surface area contributed by atoms with E-state index in [0.717, 1.165) is 29.5 Å². The van der Waals surface area contributed by atoms with Crippen LogP contribution in [0.1, 0.15) is 41.3 Å². The molecule has 1 atom stereocenters. The fraction of sp³-hybridized carbons (Fsp3) is 0.300. The molecule has 5 rings (SSSR count). The molecule has 7 heteroatoms. The first kappa shape index (κ1) is 24.7. The lowest BCUT2D eigenvalue weighted by atomic mass is 9.84. The Bertz CT molecular complexity index is 1420. The monoisotopic (exact) mass is 499 g/mol. The molecular weight excluding hydrogens is 469 g/mol. The van der Waals surface area contributed by atoms with E-state index in [2.05, 4.69) is 10.3 Å². The van der Waals surface area contributed by atoms with Crippen LogP contribution in [-0.2, 0) is 11.3 Å². The van der Waals surface area contributed by atoms with Gasteiger partial charge in [-0.15, -0.1) is 0 Å². The fourth-order valence-corrected chi connectivity index (χ4v) is 4.88. The van der Waals surface area contributed by atoms with Crippen LogP contribution in [0, 0.1) is 24.6 Å². The number of hydrogen-bond donors (Lipinski definition) is 1. The summed E-state index contributed by atoms with van der Waals surface area (Å²) in [7, 11) is 0. The summed E-state index contributed by atoms with van der Waals surface area (Å²) in [5.41, 5.74) is 4.66. The standard InChI is InChI=1S/C30H30FN3O3/c1-19-6-8-23(9-7-19)29-33-26-17-24(10-11-27(26)37-29)30(36)34-14-12-22(13-15-34)20(2)28(35)32-18-21-4-3-5-25(31)16-21/h3-11,16-17,20,22H,12-15,18H2,1-2H3,(H,32,35). The maximum Gasteiger partial charge on any atom is 0.253 e. The number of aryl methyl sites for hydroxylation is 1. The molecule has 6 nitrogen and oxygen atoms in total. The van der Waals surface area contributed by atoms with Crippen LogP contribution >= 0.6 is 0 Å². The number of fused-ring (bicyclic) bond motifs is 1. The minimum atomic E-state index is -0.314. The first-order chi connectivity index (χ1) is 17.9. The third-order valence-electron chi connectivity index (χ3n) is 7.24. The highest BCUT2D eigenvalue weighted by molar-refractivity contribution is 5.97. The van der Waals surface area contributed by atoms with Gasteiger partial charge in [-0.1, -0.05) is 36.8 Å². The van der Waals surface area contributed by atoms with Gasteiger partial charge in [-0.25, -0.2) is 9.37 Å². The van der Waals surface area contributed by atoms with E-state index in [9.17, 15) is 14.0 Å². The first-order valence-corrected chi connectivity index (χ1v) is 12.7. The van der Waals surface area contributed by atoms with E-state index in [0.29, 0.717) is 42.2 Å². The number of amides is 2. The Morgan fingerprint density at radius 1 is 1.08 bits per heavy atom. The van der Waals surface area contributed by atoms with Crippen molar-refractivity contribution >= 4 is 22.9 Å². The lowest BCUT2D eigenvalue weighted by molar-refractivity contribution is -0.126. The van der Waals surface area contributed by atoms with E-state index >= 15 is 0 Å². The Morgan fingerprint density at radius 2 is 1.84 bits per heavy atom. The average molecular weight is 500 g/mol. The average Bonchev–Trinajstić information content (AvgIpc) is 3.35. The van der Waals surface area contributed by atoms with Crippen molar-refractivity contribution in [3.63, 3.8) is 0 Å². The number of hydrogen-bond acceptors (Lipinski definition) is 4. The number of piperidine rings is 1. The Hall–Kier alpha value is -4.00. The zero-order chi connectivity index (χ0) is 25.9. The second kappa shape index (κ2) is 10.5. The van der Waals surface area contributed by atoms with Gasteiger partial charge in [0.05, 0.1) is 0 Å². The number of oxazole rings is 1. The Balaban J connectivity index is 1.18. The van der Waals surface area contributed by atoms with Crippen molar-refractivity contribution in [1.29, 1.82) is 0 Å². The van der Waals surface area contributed by atoms with Crippen molar-refractivity contribution < 1.29 is 18.4 Å². The number of aromatic nitrogens is 1. The number of rotatable bonds is 6. The second-order valence-corrected chi connectivity index (χ2v) is 9.83. The normalized spacial score (nSPS) is 15.1. The maximum atomic E-state index is 13.4. The Morgan fingerprint density at radius 3 is 2.57 bits per heavy atom. The van der Waals surface area contributed by atoms with Crippen LogP contribution in [0.5, 0.6) is 0 Å². The predicted octanol–water partition coefficient (Wildman–Crippen LogP) is 5.75. The van der Waals surface area contributed by atoms with Crippen molar-refractivity contribution in [1.82, 2.24) is 15.2 Å². The molecule has 1 unspecified atom stereocenters. The zero-order valence-electron chi connectivity index (χ0n) is 21.0. The number of nitrogens with zero attached hydrogens (tertiary/aromatic N) is 2. The highest BCUT2D eigenvalue weighted by Gasteiger charge is 2.30. The molecule has 0 bridgehead atoms. The van der Waals surface area contributed by atoms with E-state index in [1.807, 2.05) is 43.0 Å². The van der Waals surface area contributed by atoms with Gasteiger partial charge >= 0.3 is 0 Å². The number of halogens is 1. The van der Waals surface area contributed by atoms with E-state index in [4.69, 9.17) is 4.42 Å². The summed E-state index contributed by atoms with van der Waals surface area (Å²) in [5.74, 6) is 0.138. The van der Waals surface area contributed by atoms with Crippen molar-refractivity contribution in [3.8, 4) is 11.5 Å². The summed E-state index contributed by atoms with van der Waals surface area (Å²) in [5, 5.41) is 2.91. The fourth-order valence-electron chi connectivity index (χ4n) is 4.88. The summed E-state index contributed by atoms with van der Waals surface area (Å²) < 4.78 is 19.3.